The number of nitrogens with one attached hydrogen (secondary N) is 1. The van der Waals surface area contributed by atoms with E-state index in [1.54, 1.807) is 6.07 Å². The van der Waals surface area contributed by atoms with Gasteiger partial charge in [-0.05, 0) is 56.5 Å². The topological polar surface area (TPSA) is 75.7 Å². The van der Waals surface area contributed by atoms with Crippen LogP contribution in [-0.2, 0) is 10.0 Å². The average Bonchev–Trinajstić information content (AvgIpc) is 3.19. The van der Waals surface area contributed by atoms with Crippen molar-refractivity contribution >= 4 is 21.6 Å². The van der Waals surface area contributed by atoms with Crippen molar-refractivity contribution in [3.8, 4) is 5.75 Å². The van der Waals surface area contributed by atoms with Crippen molar-refractivity contribution in [1.29, 1.82) is 0 Å². The van der Waals surface area contributed by atoms with Crippen LogP contribution in [-0.4, -0.2) is 38.8 Å². The van der Waals surface area contributed by atoms with Gasteiger partial charge in [-0.1, -0.05) is 17.7 Å². The van der Waals surface area contributed by atoms with E-state index in [-0.39, 0.29) is 10.8 Å². The highest BCUT2D eigenvalue weighted by atomic mass is 32.2. The van der Waals surface area contributed by atoms with Gasteiger partial charge in [0, 0.05) is 18.7 Å². The lowest BCUT2D eigenvalue weighted by Crippen LogP contribution is -2.28. The van der Waals surface area contributed by atoms with Crippen LogP contribution in [0.1, 0.15) is 34.3 Å². The number of carbonyl (C=O) groups is 1. The van der Waals surface area contributed by atoms with Crippen molar-refractivity contribution in [3.05, 3.63) is 53.1 Å². The molecule has 144 valence electrons. The first-order chi connectivity index (χ1) is 12.8. The second-order valence-corrected chi connectivity index (χ2v) is 8.68. The predicted octanol–water partition coefficient (Wildman–Crippen LogP) is 3.35. The Hall–Kier alpha value is -2.38. The summed E-state index contributed by atoms with van der Waals surface area (Å²) < 4.78 is 32.4. The van der Waals surface area contributed by atoms with Crippen LogP contribution in [0.3, 0.4) is 0 Å². The fourth-order valence-corrected chi connectivity index (χ4v) is 4.74. The van der Waals surface area contributed by atoms with Crippen LogP contribution in [0.25, 0.3) is 0 Å². The number of amides is 1. The maximum Gasteiger partial charge on any atom is 0.256 e. The number of carbonyl (C=O) groups excluding carboxylic acids is 1. The molecule has 1 heterocycles. The quantitative estimate of drug-likeness (QED) is 0.852. The molecule has 3 rings (SSSR count). The van der Waals surface area contributed by atoms with Crippen LogP contribution < -0.4 is 10.1 Å². The highest BCUT2D eigenvalue weighted by molar-refractivity contribution is 7.89. The summed E-state index contributed by atoms with van der Waals surface area (Å²) in [5.74, 6) is 0.110. The Morgan fingerprint density at radius 1 is 1.07 bits per heavy atom. The van der Waals surface area contributed by atoms with Gasteiger partial charge in [0.15, 0.2) is 0 Å². The average molecular weight is 388 g/mol. The molecule has 0 aromatic heterocycles. The Bertz CT molecular complexity index is 964. The molecule has 1 N–H and O–H groups in total. The van der Waals surface area contributed by atoms with E-state index in [4.69, 9.17) is 4.74 Å². The third-order valence-electron chi connectivity index (χ3n) is 4.76. The van der Waals surface area contributed by atoms with Gasteiger partial charge >= 0.3 is 0 Å². The number of anilines is 1. The molecule has 0 bridgehead atoms. The Morgan fingerprint density at radius 2 is 1.78 bits per heavy atom. The molecule has 0 spiro atoms. The standard InChI is InChI=1S/C20H24N2O4S/c1-14-6-7-15(2)17(12-14)20(23)21-18-13-16(8-9-19(18)26-3)27(24,25)22-10-4-5-11-22/h6-9,12-13H,4-5,10-11H2,1-3H3,(H,21,23). The minimum atomic E-state index is -3.58. The summed E-state index contributed by atoms with van der Waals surface area (Å²) in [4.78, 5) is 12.9. The molecular formula is C20H24N2O4S. The SMILES string of the molecule is COc1ccc(S(=O)(=O)N2CCCC2)cc1NC(=O)c1cc(C)ccc1C. The molecule has 27 heavy (non-hydrogen) atoms. The summed E-state index contributed by atoms with van der Waals surface area (Å²) in [6, 6.07) is 10.2. The third-order valence-corrected chi connectivity index (χ3v) is 6.65. The number of benzene rings is 2. The normalized spacial score (nSPS) is 14.9. The Morgan fingerprint density at radius 3 is 2.44 bits per heavy atom. The monoisotopic (exact) mass is 388 g/mol. The van der Waals surface area contributed by atoms with Crippen LogP contribution >= 0.6 is 0 Å². The van der Waals surface area contributed by atoms with E-state index in [0.29, 0.717) is 30.1 Å². The summed E-state index contributed by atoms with van der Waals surface area (Å²) in [7, 11) is -2.09. The van der Waals surface area contributed by atoms with Gasteiger partial charge in [0.05, 0.1) is 17.7 Å². The molecule has 0 unspecified atom stereocenters. The van der Waals surface area contributed by atoms with Gasteiger partial charge < -0.3 is 10.1 Å². The van der Waals surface area contributed by atoms with Crippen LogP contribution in [0.15, 0.2) is 41.3 Å². The summed E-state index contributed by atoms with van der Waals surface area (Å²) in [6.07, 6.45) is 1.73. The fourth-order valence-electron chi connectivity index (χ4n) is 3.19. The smallest absolute Gasteiger partial charge is 0.256 e. The van der Waals surface area contributed by atoms with E-state index >= 15 is 0 Å². The van der Waals surface area contributed by atoms with Crippen molar-refractivity contribution in [1.82, 2.24) is 4.31 Å². The zero-order valence-electron chi connectivity index (χ0n) is 15.8. The first-order valence-corrected chi connectivity index (χ1v) is 10.3. The molecule has 1 aliphatic heterocycles. The number of hydrogen-bond donors (Lipinski definition) is 1. The van der Waals surface area contributed by atoms with Gasteiger partial charge in [-0.3, -0.25) is 4.79 Å². The van der Waals surface area contributed by atoms with Crippen molar-refractivity contribution in [2.45, 2.75) is 31.6 Å². The molecule has 6 nitrogen and oxygen atoms in total. The molecule has 0 atom stereocenters. The van der Waals surface area contributed by atoms with Crippen LogP contribution in [0.4, 0.5) is 5.69 Å². The molecular weight excluding hydrogens is 364 g/mol. The molecule has 0 saturated carbocycles. The summed E-state index contributed by atoms with van der Waals surface area (Å²) in [6.45, 7) is 4.83. The van der Waals surface area contributed by atoms with Gasteiger partial charge in [-0.2, -0.15) is 4.31 Å². The first-order valence-electron chi connectivity index (χ1n) is 8.90. The van der Waals surface area contributed by atoms with Gasteiger partial charge in [0.2, 0.25) is 10.0 Å². The molecule has 2 aromatic rings. The minimum Gasteiger partial charge on any atom is -0.495 e. The van der Waals surface area contributed by atoms with Crippen LogP contribution in [0, 0.1) is 13.8 Å². The summed E-state index contributed by atoms with van der Waals surface area (Å²) in [5, 5.41) is 2.80. The lowest BCUT2D eigenvalue weighted by Gasteiger charge is -2.18. The second kappa shape index (κ2) is 7.70. The van der Waals surface area contributed by atoms with E-state index in [1.165, 1.54) is 23.5 Å². The minimum absolute atomic E-state index is 0.154. The van der Waals surface area contributed by atoms with E-state index in [1.807, 2.05) is 32.0 Å². The summed E-state index contributed by atoms with van der Waals surface area (Å²) in [5.41, 5.74) is 2.70. The van der Waals surface area contributed by atoms with Gasteiger partial charge in [-0.15, -0.1) is 0 Å². The highest BCUT2D eigenvalue weighted by Crippen LogP contribution is 2.30. The molecule has 1 aliphatic rings. The number of nitrogens with zero attached hydrogens (tertiary/aromatic N) is 1. The molecule has 1 fully saturated rings. The number of aryl methyl sites for hydroxylation is 2. The lowest BCUT2D eigenvalue weighted by molar-refractivity contribution is 0.102. The van der Waals surface area contributed by atoms with E-state index in [9.17, 15) is 13.2 Å². The number of hydrogen-bond acceptors (Lipinski definition) is 4. The zero-order valence-corrected chi connectivity index (χ0v) is 16.6. The lowest BCUT2D eigenvalue weighted by atomic mass is 10.0. The van der Waals surface area contributed by atoms with Crippen molar-refractivity contribution in [2.75, 3.05) is 25.5 Å². The van der Waals surface area contributed by atoms with Crippen molar-refractivity contribution in [3.63, 3.8) is 0 Å². The Labute approximate surface area is 160 Å². The van der Waals surface area contributed by atoms with Crippen LogP contribution in [0.5, 0.6) is 5.75 Å². The van der Waals surface area contributed by atoms with E-state index in [2.05, 4.69) is 5.32 Å². The van der Waals surface area contributed by atoms with Crippen molar-refractivity contribution < 1.29 is 17.9 Å². The number of ether oxygens (including phenoxy) is 1. The van der Waals surface area contributed by atoms with E-state index < -0.39 is 10.0 Å². The molecule has 7 heteroatoms. The first kappa shape index (κ1) is 19.4. The van der Waals surface area contributed by atoms with E-state index in [0.717, 1.165) is 24.0 Å². The van der Waals surface area contributed by atoms with Gasteiger partial charge in [-0.25, -0.2) is 8.42 Å². The highest BCUT2D eigenvalue weighted by Gasteiger charge is 2.28. The fraction of sp³-hybridized carbons (Fsp3) is 0.350. The van der Waals surface area contributed by atoms with Crippen molar-refractivity contribution in [2.24, 2.45) is 0 Å². The molecule has 1 amide bonds. The molecule has 1 saturated heterocycles. The number of methoxy groups -OCH3 is 1. The zero-order chi connectivity index (χ0) is 19.6. The third kappa shape index (κ3) is 3.99. The summed E-state index contributed by atoms with van der Waals surface area (Å²) >= 11 is 0. The number of sulfonamides is 1. The Kier molecular flexibility index (Phi) is 5.53. The van der Waals surface area contributed by atoms with Gasteiger partial charge in [0.25, 0.3) is 5.91 Å². The molecule has 2 aromatic carbocycles. The van der Waals surface area contributed by atoms with Crippen LogP contribution in [0.2, 0.25) is 0 Å². The molecule has 0 aliphatic carbocycles. The maximum absolute atomic E-state index is 12.8. The van der Waals surface area contributed by atoms with Gasteiger partial charge in [0.1, 0.15) is 5.75 Å². The maximum atomic E-state index is 12.8. The second-order valence-electron chi connectivity index (χ2n) is 6.75. The predicted molar refractivity (Wildman–Crippen MR) is 105 cm³/mol. The Balaban J connectivity index is 1.94. The number of rotatable bonds is 5. The largest absolute Gasteiger partial charge is 0.495 e. The molecule has 0 radical (unpaired) electrons.